The van der Waals surface area contributed by atoms with E-state index in [1.807, 2.05) is 24.4 Å². The number of carbonyl (C=O) groups excluding carboxylic acids is 1. The lowest BCUT2D eigenvalue weighted by Gasteiger charge is -2.17. The fourth-order valence-electron chi connectivity index (χ4n) is 1.92. The van der Waals surface area contributed by atoms with Gasteiger partial charge in [-0.05, 0) is 46.1 Å². The first-order valence-corrected chi connectivity index (χ1v) is 7.98. The van der Waals surface area contributed by atoms with Crippen LogP contribution in [0.25, 0.3) is 0 Å². The Morgan fingerprint density at radius 1 is 1.40 bits per heavy atom. The summed E-state index contributed by atoms with van der Waals surface area (Å²) in [6.45, 7) is 2.55. The average molecular weight is 354 g/mol. The Labute approximate surface area is 131 Å². The fraction of sp³-hybridized carbons (Fsp3) is 0.267. The van der Waals surface area contributed by atoms with Gasteiger partial charge < -0.3 is 10.0 Å². The van der Waals surface area contributed by atoms with Crippen molar-refractivity contribution in [2.45, 2.75) is 19.9 Å². The van der Waals surface area contributed by atoms with Gasteiger partial charge in [-0.25, -0.2) is 0 Å². The summed E-state index contributed by atoms with van der Waals surface area (Å²) in [6, 6.07) is 7.18. The first-order valence-electron chi connectivity index (χ1n) is 6.31. The van der Waals surface area contributed by atoms with Crippen molar-refractivity contribution in [3.05, 3.63) is 50.1 Å². The molecule has 0 aliphatic rings. The van der Waals surface area contributed by atoms with Crippen molar-refractivity contribution >= 4 is 33.2 Å². The highest BCUT2D eigenvalue weighted by Crippen LogP contribution is 2.24. The molecule has 1 amide bonds. The third kappa shape index (κ3) is 3.41. The number of aromatic hydroxyl groups is 1. The SMILES string of the molecule is CCc1ccc(O)c(C(=O)N(C)Cc2cc(Br)cs2)c1. The Bertz CT molecular complexity index is 624. The zero-order valence-electron chi connectivity index (χ0n) is 11.4. The highest BCUT2D eigenvalue weighted by atomic mass is 79.9. The molecule has 20 heavy (non-hydrogen) atoms. The number of phenolic OH excluding ortho intramolecular Hbond substituents is 1. The van der Waals surface area contributed by atoms with Crippen molar-refractivity contribution in [1.29, 1.82) is 0 Å². The van der Waals surface area contributed by atoms with E-state index in [-0.39, 0.29) is 11.7 Å². The first-order chi connectivity index (χ1) is 9.51. The van der Waals surface area contributed by atoms with Gasteiger partial charge in [0.15, 0.2) is 0 Å². The number of hydrogen-bond donors (Lipinski definition) is 1. The second-order valence-electron chi connectivity index (χ2n) is 4.60. The van der Waals surface area contributed by atoms with Crippen LogP contribution in [0.2, 0.25) is 0 Å². The topological polar surface area (TPSA) is 40.5 Å². The molecular weight excluding hydrogens is 338 g/mol. The maximum atomic E-state index is 12.4. The summed E-state index contributed by atoms with van der Waals surface area (Å²) >= 11 is 5.00. The van der Waals surface area contributed by atoms with E-state index < -0.39 is 0 Å². The van der Waals surface area contributed by atoms with E-state index in [0.29, 0.717) is 12.1 Å². The van der Waals surface area contributed by atoms with E-state index >= 15 is 0 Å². The van der Waals surface area contributed by atoms with Gasteiger partial charge in [-0.2, -0.15) is 0 Å². The normalized spacial score (nSPS) is 10.6. The molecule has 1 aromatic carbocycles. The highest BCUT2D eigenvalue weighted by Gasteiger charge is 2.17. The van der Waals surface area contributed by atoms with E-state index in [9.17, 15) is 9.90 Å². The number of halogens is 1. The molecule has 0 unspecified atom stereocenters. The third-order valence-corrected chi connectivity index (χ3v) is 4.74. The summed E-state index contributed by atoms with van der Waals surface area (Å²) in [5.41, 5.74) is 1.40. The molecule has 2 rings (SSSR count). The monoisotopic (exact) mass is 353 g/mol. The quantitative estimate of drug-likeness (QED) is 0.900. The number of nitrogens with zero attached hydrogens (tertiary/aromatic N) is 1. The number of phenols is 1. The molecule has 1 aromatic heterocycles. The van der Waals surface area contributed by atoms with Crippen molar-refractivity contribution < 1.29 is 9.90 Å². The van der Waals surface area contributed by atoms with E-state index in [4.69, 9.17) is 0 Å². The summed E-state index contributed by atoms with van der Waals surface area (Å²) in [4.78, 5) is 15.1. The second-order valence-corrected chi connectivity index (χ2v) is 6.51. The van der Waals surface area contributed by atoms with Crippen LogP contribution in [0, 0.1) is 0 Å². The van der Waals surface area contributed by atoms with E-state index in [0.717, 1.165) is 21.3 Å². The third-order valence-electron chi connectivity index (χ3n) is 3.06. The fourth-order valence-corrected chi connectivity index (χ4v) is 3.43. The molecule has 0 spiro atoms. The number of amides is 1. The largest absolute Gasteiger partial charge is 0.507 e. The Morgan fingerprint density at radius 3 is 2.75 bits per heavy atom. The molecule has 106 valence electrons. The zero-order valence-corrected chi connectivity index (χ0v) is 13.8. The van der Waals surface area contributed by atoms with E-state index in [1.165, 1.54) is 0 Å². The predicted octanol–water partition coefficient (Wildman–Crippen LogP) is 4.05. The van der Waals surface area contributed by atoms with Crippen molar-refractivity contribution in [3.8, 4) is 5.75 Å². The number of aryl methyl sites for hydroxylation is 1. The Morgan fingerprint density at radius 2 is 2.15 bits per heavy atom. The number of hydrogen-bond acceptors (Lipinski definition) is 3. The zero-order chi connectivity index (χ0) is 14.7. The smallest absolute Gasteiger partial charge is 0.257 e. The highest BCUT2D eigenvalue weighted by molar-refractivity contribution is 9.10. The van der Waals surface area contributed by atoms with Crippen molar-refractivity contribution in [2.75, 3.05) is 7.05 Å². The van der Waals surface area contributed by atoms with Crippen molar-refractivity contribution in [1.82, 2.24) is 4.90 Å². The second kappa shape index (κ2) is 6.41. The summed E-state index contributed by atoms with van der Waals surface area (Å²) < 4.78 is 1.02. The lowest BCUT2D eigenvalue weighted by atomic mass is 10.1. The molecule has 0 bridgehead atoms. The van der Waals surface area contributed by atoms with Gasteiger partial charge in [-0.3, -0.25) is 4.79 Å². The van der Waals surface area contributed by atoms with Crippen LogP contribution in [0.15, 0.2) is 34.1 Å². The number of carbonyl (C=O) groups is 1. The lowest BCUT2D eigenvalue weighted by molar-refractivity contribution is 0.0783. The molecule has 0 atom stereocenters. The van der Waals surface area contributed by atoms with Crippen LogP contribution in [-0.4, -0.2) is 23.0 Å². The van der Waals surface area contributed by atoms with Crippen LogP contribution in [0.5, 0.6) is 5.75 Å². The molecule has 1 heterocycles. The van der Waals surface area contributed by atoms with Crippen molar-refractivity contribution in [2.24, 2.45) is 0 Å². The van der Waals surface area contributed by atoms with Gasteiger partial charge in [0.2, 0.25) is 0 Å². The van der Waals surface area contributed by atoms with E-state index in [1.54, 1.807) is 35.4 Å². The van der Waals surface area contributed by atoms with Crippen LogP contribution in [-0.2, 0) is 13.0 Å². The first kappa shape index (κ1) is 15.1. The predicted molar refractivity (Wildman–Crippen MR) is 85.3 cm³/mol. The van der Waals surface area contributed by atoms with Gasteiger partial charge in [-0.15, -0.1) is 11.3 Å². The molecule has 0 aliphatic heterocycles. The Balaban J connectivity index is 2.17. The Kier molecular flexibility index (Phi) is 4.83. The number of thiophene rings is 1. The molecule has 0 aliphatic carbocycles. The minimum Gasteiger partial charge on any atom is -0.507 e. The summed E-state index contributed by atoms with van der Waals surface area (Å²) in [7, 11) is 1.74. The van der Waals surface area contributed by atoms with Gasteiger partial charge in [0.25, 0.3) is 5.91 Å². The molecule has 2 aromatic rings. The van der Waals surface area contributed by atoms with Gasteiger partial charge in [-0.1, -0.05) is 13.0 Å². The number of rotatable bonds is 4. The minimum atomic E-state index is -0.165. The van der Waals surface area contributed by atoms with Crippen LogP contribution in [0.1, 0.15) is 27.7 Å². The number of benzene rings is 1. The summed E-state index contributed by atoms with van der Waals surface area (Å²) in [6.07, 6.45) is 0.835. The molecule has 1 N–H and O–H groups in total. The molecule has 0 fully saturated rings. The molecule has 5 heteroatoms. The maximum Gasteiger partial charge on any atom is 0.257 e. The van der Waals surface area contributed by atoms with Crippen LogP contribution in [0.3, 0.4) is 0 Å². The molecule has 3 nitrogen and oxygen atoms in total. The standard InChI is InChI=1S/C15H16BrNO2S/c1-3-10-4-5-14(18)13(6-10)15(19)17(2)8-12-7-11(16)9-20-12/h4-7,9,18H,3,8H2,1-2H3. The molecule has 0 radical (unpaired) electrons. The average Bonchev–Trinajstić information content (AvgIpc) is 2.84. The lowest BCUT2D eigenvalue weighted by Crippen LogP contribution is -2.26. The van der Waals surface area contributed by atoms with E-state index in [2.05, 4.69) is 15.9 Å². The van der Waals surface area contributed by atoms with Gasteiger partial charge >= 0.3 is 0 Å². The summed E-state index contributed by atoms with van der Waals surface area (Å²) in [5.74, 6) is -0.131. The van der Waals surface area contributed by atoms with Crippen molar-refractivity contribution in [3.63, 3.8) is 0 Å². The van der Waals surface area contributed by atoms with Crippen LogP contribution in [0.4, 0.5) is 0 Å². The van der Waals surface area contributed by atoms with Crippen LogP contribution < -0.4 is 0 Å². The molecular formula is C15H16BrNO2S. The van der Waals surface area contributed by atoms with Gasteiger partial charge in [0.1, 0.15) is 5.75 Å². The van der Waals surface area contributed by atoms with Gasteiger partial charge in [0, 0.05) is 21.8 Å². The maximum absolute atomic E-state index is 12.4. The van der Waals surface area contributed by atoms with Crippen LogP contribution >= 0.6 is 27.3 Å². The summed E-state index contributed by atoms with van der Waals surface area (Å²) in [5, 5.41) is 11.9. The molecule has 0 saturated heterocycles. The Hall–Kier alpha value is -1.33. The minimum absolute atomic E-state index is 0.0337. The van der Waals surface area contributed by atoms with Gasteiger partial charge in [0.05, 0.1) is 12.1 Å². The molecule has 0 saturated carbocycles.